The van der Waals surface area contributed by atoms with E-state index in [1.54, 1.807) is 11.8 Å². The van der Waals surface area contributed by atoms with Gasteiger partial charge in [-0.2, -0.15) is 0 Å². The maximum atomic E-state index is 13.1. The van der Waals surface area contributed by atoms with E-state index in [1.807, 2.05) is 18.9 Å². The number of amides is 2. The zero-order valence-corrected chi connectivity index (χ0v) is 16.2. The Bertz CT molecular complexity index is 658. The number of piperazine rings is 1. The zero-order valence-electron chi connectivity index (χ0n) is 16.2. The Morgan fingerprint density at radius 1 is 1.52 bits per heavy atom. The third-order valence-corrected chi connectivity index (χ3v) is 5.55. The van der Waals surface area contributed by atoms with Gasteiger partial charge in [-0.25, -0.2) is 0 Å². The van der Waals surface area contributed by atoms with Crippen molar-refractivity contribution in [3.8, 4) is 0 Å². The number of epoxide rings is 1. The minimum absolute atomic E-state index is 0.0770. The van der Waals surface area contributed by atoms with E-state index in [2.05, 4.69) is 11.9 Å². The Balaban J connectivity index is 1.82. The summed E-state index contributed by atoms with van der Waals surface area (Å²) in [7, 11) is 1.82. The van der Waals surface area contributed by atoms with Crippen LogP contribution < -0.4 is 5.32 Å². The van der Waals surface area contributed by atoms with Gasteiger partial charge in [0.15, 0.2) is 5.60 Å². The molecule has 8 nitrogen and oxygen atoms in total. The van der Waals surface area contributed by atoms with E-state index in [0.29, 0.717) is 19.7 Å². The van der Waals surface area contributed by atoms with E-state index in [9.17, 15) is 14.7 Å². The van der Waals surface area contributed by atoms with Crippen LogP contribution in [0.15, 0.2) is 24.0 Å². The number of carbonyl (C=O) groups excluding carboxylic acids is 2. The van der Waals surface area contributed by atoms with Crippen molar-refractivity contribution in [2.75, 3.05) is 33.4 Å². The van der Waals surface area contributed by atoms with Crippen LogP contribution in [0.3, 0.4) is 0 Å². The van der Waals surface area contributed by atoms with E-state index in [1.165, 1.54) is 6.08 Å². The summed E-state index contributed by atoms with van der Waals surface area (Å²) in [5.41, 5.74) is -1.08. The summed E-state index contributed by atoms with van der Waals surface area (Å²) in [5.74, 6) is -0.632. The molecule has 3 heterocycles. The van der Waals surface area contributed by atoms with E-state index in [4.69, 9.17) is 9.47 Å². The number of nitrogens with zero attached hydrogens (tertiary/aromatic N) is 2. The Hall–Kier alpha value is -1.90. The van der Waals surface area contributed by atoms with Gasteiger partial charge in [-0.15, -0.1) is 0 Å². The van der Waals surface area contributed by atoms with Gasteiger partial charge >= 0.3 is 0 Å². The molecule has 3 saturated heterocycles. The lowest BCUT2D eigenvalue weighted by atomic mass is 9.95. The highest BCUT2D eigenvalue weighted by Gasteiger charge is 2.55. The second-order valence-electron chi connectivity index (χ2n) is 7.45. The smallest absolute Gasteiger partial charge is 0.250 e. The van der Waals surface area contributed by atoms with Crippen molar-refractivity contribution in [1.29, 1.82) is 0 Å². The highest BCUT2D eigenvalue weighted by molar-refractivity contribution is 5.96. The van der Waals surface area contributed by atoms with Crippen molar-refractivity contribution in [3.05, 3.63) is 24.0 Å². The van der Waals surface area contributed by atoms with E-state index in [0.717, 1.165) is 12.8 Å². The van der Waals surface area contributed by atoms with Crippen LogP contribution in [-0.4, -0.2) is 84.0 Å². The number of rotatable bonds is 5. The van der Waals surface area contributed by atoms with Gasteiger partial charge in [-0.1, -0.05) is 6.58 Å². The molecule has 0 radical (unpaired) electrons. The first-order valence-corrected chi connectivity index (χ1v) is 9.48. The Morgan fingerprint density at radius 3 is 2.85 bits per heavy atom. The second kappa shape index (κ2) is 7.61. The number of aliphatic hydroxyl groups excluding tert-OH is 1. The Morgan fingerprint density at radius 2 is 2.22 bits per heavy atom. The summed E-state index contributed by atoms with van der Waals surface area (Å²) >= 11 is 0. The van der Waals surface area contributed by atoms with E-state index >= 15 is 0 Å². The zero-order chi connectivity index (χ0) is 19.8. The van der Waals surface area contributed by atoms with Crippen LogP contribution in [0.25, 0.3) is 0 Å². The number of ether oxygens (including phenoxy) is 2. The van der Waals surface area contributed by atoms with Crippen molar-refractivity contribution in [2.45, 2.75) is 50.6 Å². The first-order valence-electron chi connectivity index (χ1n) is 9.48. The van der Waals surface area contributed by atoms with Crippen molar-refractivity contribution >= 4 is 11.8 Å². The molecule has 8 heteroatoms. The van der Waals surface area contributed by atoms with Crippen molar-refractivity contribution in [3.63, 3.8) is 0 Å². The predicted molar refractivity (Wildman–Crippen MR) is 98.9 cm³/mol. The summed E-state index contributed by atoms with van der Waals surface area (Å²) in [5, 5.41) is 13.4. The Labute approximate surface area is 159 Å². The summed E-state index contributed by atoms with van der Waals surface area (Å²) in [4.78, 5) is 28.8. The monoisotopic (exact) mass is 379 g/mol. The van der Waals surface area contributed by atoms with Gasteiger partial charge in [-0.05, 0) is 39.8 Å². The third kappa shape index (κ3) is 3.61. The molecule has 3 aliphatic heterocycles. The molecule has 0 aliphatic carbocycles. The highest BCUT2D eigenvalue weighted by atomic mass is 16.6. The van der Waals surface area contributed by atoms with Crippen molar-refractivity contribution < 1.29 is 24.2 Å². The highest BCUT2D eigenvalue weighted by Crippen LogP contribution is 2.41. The average molecular weight is 379 g/mol. The van der Waals surface area contributed by atoms with Crippen LogP contribution in [0.1, 0.15) is 26.7 Å². The molecule has 0 aromatic carbocycles. The topological polar surface area (TPSA) is 94.6 Å². The molecule has 150 valence electrons. The fourth-order valence-electron chi connectivity index (χ4n) is 3.78. The number of hydrogen-bond acceptors (Lipinski definition) is 6. The molecule has 27 heavy (non-hydrogen) atoms. The molecule has 2 amide bonds. The predicted octanol–water partition coefficient (Wildman–Crippen LogP) is 0.557. The van der Waals surface area contributed by atoms with Crippen LogP contribution in [0.5, 0.6) is 0 Å². The van der Waals surface area contributed by atoms with Crippen molar-refractivity contribution in [1.82, 2.24) is 15.1 Å². The maximum absolute atomic E-state index is 13.1. The maximum Gasteiger partial charge on any atom is 0.250 e. The number of hydrogen-bond donors (Lipinski definition) is 2. The number of carbonyl (C=O) groups is 2. The van der Waals surface area contributed by atoms with Crippen LogP contribution in [0.2, 0.25) is 0 Å². The first kappa shape index (κ1) is 19.9. The van der Waals surface area contributed by atoms with Crippen LogP contribution in [-0.2, 0) is 19.1 Å². The molecule has 0 aromatic rings. The lowest BCUT2D eigenvalue weighted by Crippen LogP contribution is -2.62. The minimum atomic E-state index is -1.22. The second-order valence-corrected chi connectivity index (χ2v) is 7.45. The van der Waals surface area contributed by atoms with Gasteiger partial charge in [0, 0.05) is 25.7 Å². The summed E-state index contributed by atoms with van der Waals surface area (Å²) in [6.45, 7) is 9.42. The summed E-state index contributed by atoms with van der Waals surface area (Å²) < 4.78 is 11.2. The summed E-state index contributed by atoms with van der Waals surface area (Å²) in [6, 6.07) is -0.568. The standard InChI is InChI=1S/C19H29N3O5/c1-5-20-17(24)13(3)19(11-27-19)15(23)9-14-18(25)22-12(2)7-6-8-26-16(22)10-21(14)4/h9,12,14,16,23H,3,5-8,10-11H2,1-2,4H3,(H,20,24)/b15-9+/t12-,14?,16?,19?/m1/s1. The van der Waals surface area contributed by atoms with Gasteiger partial charge < -0.3 is 24.8 Å². The van der Waals surface area contributed by atoms with Gasteiger partial charge in [0.25, 0.3) is 0 Å². The molecule has 4 atom stereocenters. The molecule has 3 rings (SSSR count). The van der Waals surface area contributed by atoms with Gasteiger partial charge in [0.1, 0.15) is 18.0 Å². The number of nitrogens with one attached hydrogen (secondary N) is 1. The normalized spacial score (nSPS) is 34.6. The van der Waals surface area contributed by atoms with E-state index < -0.39 is 11.6 Å². The largest absolute Gasteiger partial charge is 0.509 e. The lowest BCUT2D eigenvalue weighted by molar-refractivity contribution is -0.164. The fourth-order valence-corrected chi connectivity index (χ4v) is 3.78. The quantitative estimate of drug-likeness (QED) is 0.412. The SMILES string of the molecule is C=C(C(=O)NCC)C1(/C(O)=C\C2C(=O)N3C(CN2C)OCCC[C@H]3C)CO1. The average Bonchev–Trinajstić information content (AvgIpc) is 3.44. The van der Waals surface area contributed by atoms with E-state index in [-0.39, 0.29) is 42.0 Å². The molecule has 3 aliphatic rings. The summed E-state index contributed by atoms with van der Waals surface area (Å²) in [6.07, 6.45) is 3.01. The molecule has 0 saturated carbocycles. The minimum Gasteiger partial charge on any atom is -0.509 e. The van der Waals surface area contributed by atoms with Crippen LogP contribution in [0.4, 0.5) is 0 Å². The Kier molecular flexibility index (Phi) is 5.60. The lowest BCUT2D eigenvalue weighted by Gasteiger charge is -2.44. The van der Waals surface area contributed by atoms with Gasteiger partial charge in [0.2, 0.25) is 11.8 Å². The molecule has 2 N–H and O–H groups in total. The number of fused-ring (bicyclic) bond motifs is 1. The van der Waals surface area contributed by atoms with Crippen LogP contribution in [0, 0.1) is 0 Å². The number of likely N-dealkylation sites (N-methyl/N-ethyl adjacent to an activating group) is 2. The third-order valence-electron chi connectivity index (χ3n) is 5.55. The number of aliphatic hydroxyl groups is 1. The molecule has 0 aromatic heterocycles. The molecule has 0 bridgehead atoms. The van der Waals surface area contributed by atoms with Crippen molar-refractivity contribution in [2.24, 2.45) is 0 Å². The molecular formula is C19H29N3O5. The van der Waals surface area contributed by atoms with Crippen LogP contribution >= 0.6 is 0 Å². The van der Waals surface area contributed by atoms with Gasteiger partial charge in [0.05, 0.1) is 12.2 Å². The first-order chi connectivity index (χ1) is 12.8. The molecule has 3 unspecified atom stereocenters. The van der Waals surface area contributed by atoms with Gasteiger partial charge in [-0.3, -0.25) is 14.5 Å². The fraction of sp³-hybridized carbons (Fsp3) is 0.684. The molecular weight excluding hydrogens is 350 g/mol. The molecule has 0 spiro atoms. The molecule has 3 fully saturated rings.